The van der Waals surface area contributed by atoms with E-state index in [9.17, 15) is 5.11 Å². The minimum atomic E-state index is -0.508. The van der Waals surface area contributed by atoms with Gasteiger partial charge in [0.15, 0.2) is 0 Å². The third-order valence-corrected chi connectivity index (χ3v) is 4.64. The first-order valence-electron chi connectivity index (χ1n) is 7.70. The van der Waals surface area contributed by atoms with Crippen LogP contribution in [-0.2, 0) is 11.3 Å². The van der Waals surface area contributed by atoms with E-state index in [1.807, 2.05) is 36.7 Å². The summed E-state index contributed by atoms with van der Waals surface area (Å²) in [6, 6.07) is 18.7. The molecule has 1 heterocycles. The molecule has 0 saturated carbocycles. The van der Waals surface area contributed by atoms with Crippen molar-refractivity contribution >= 4 is 27.8 Å². The molecule has 0 aliphatic rings. The normalized spacial score (nSPS) is 12.4. The lowest BCUT2D eigenvalue weighted by atomic mass is 10.1. The molecule has 2 aromatic carbocycles. The summed E-state index contributed by atoms with van der Waals surface area (Å²) < 4.78 is 5.58. The first kappa shape index (κ1) is 16.0. The average Bonchev–Trinajstić information content (AvgIpc) is 3.07. The van der Waals surface area contributed by atoms with E-state index in [2.05, 4.69) is 35.2 Å². The number of benzene rings is 2. The van der Waals surface area contributed by atoms with E-state index >= 15 is 0 Å². The molecule has 0 aliphatic carbocycles. The van der Waals surface area contributed by atoms with E-state index in [0.717, 1.165) is 5.69 Å². The number of anilines is 1. The van der Waals surface area contributed by atoms with Gasteiger partial charge in [-0.1, -0.05) is 36.4 Å². The number of rotatable bonds is 7. The highest BCUT2D eigenvalue weighted by Crippen LogP contribution is 2.21. The lowest BCUT2D eigenvalue weighted by Gasteiger charge is -2.23. The molecule has 1 N–H and O–H groups in total. The first-order valence-corrected chi connectivity index (χ1v) is 8.58. The predicted molar refractivity (Wildman–Crippen MR) is 97.2 cm³/mol. The number of likely N-dealkylation sites (N-methyl/N-ethyl adjacent to an activating group) is 1. The Morgan fingerprint density at radius 1 is 1.09 bits per heavy atom. The second kappa shape index (κ2) is 7.59. The standard InChI is InChI=1S/C19H21NO2S/c1-20(12-18(21)13-22-14-19-7-4-10-23-19)17-9-8-15-5-2-3-6-16(15)11-17/h2-11,18,21H,12-14H2,1H3. The summed E-state index contributed by atoms with van der Waals surface area (Å²) in [5.74, 6) is 0. The molecule has 23 heavy (non-hydrogen) atoms. The Kier molecular flexibility index (Phi) is 5.28. The molecule has 0 amide bonds. The Bertz CT molecular complexity index is 742. The molecule has 0 bridgehead atoms. The van der Waals surface area contributed by atoms with Crippen LogP contribution in [0.15, 0.2) is 60.0 Å². The van der Waals surface area contributed by atoms with E-state index in [-0.39, 0.29) is 0 Å². The molecular formula is C19H21NO2S. The summed E-state index contributed by atoms with van der Waals surface area (Å²) in [5.41, 5.74) is 1.10. The van der Waals surface area contributed by atoms with Gasteiger partial charge in [0.1, 0.15) is 0 Å². The van der Waals surface area contributed by atoms with E-state index in [4.69, 9.17) is 4.74 Å². The topological polar surface area (TPSA) is 32.7 Å². The molecule has 3 aromatic rings. The second-order valence-corrected chi connectivity index (χ2v) is 6.69. The van der Waals surface area contributed by atoms with Crippen LogP contribution in [0.1, 0.15) is 4.88 Å². The molecule has 0 saturated heterocycles. The minimum absolute atomic E-state index is 0.343. The molecule has 0 radical (unpaired) electrons. The van der Waals surface area contributed by atoms with Gasteiger partial charge in [-0.05, 0) is 34.4 Å². The second-order valence-electron chi connectivity index (χ2n) is 5.66. The van der Waals surface area contributed by atoms with Crippen LogP contribution in [0.3, 0.4) is 0 Å². The Morgan fingerprint density at radius 3 is 2.70 bits per heavy atom. The molecule has 4 heteroatoms. The van der Waals surface area contributed by atoms with Crippen molar-refractivity contribution in [2.75, 3.05) is 25.1 Å². The Morgan fingerprint density at radius 2 is 1.91 bits per heavy atom. The summed E-state index contributed by atoms with van der Waals surface area (Å²) in [6.45, 7) is 1.45. The molecule has 0 aliphatic heterocycles. The van der Waals surface area contributed by atoms with Crippen LogP contribution in [-0.4, -0.2) is 31.4 Å². The van der Waals surface area contributed by atoms with Crippen LogP contribution in [0.2, 0.25) is 0 Å². The maximum Gasteiger partial charge on any atom is 0.0948 e. The highest BCUT2D eigenvalue weighted by Gasteiger charge is 2.10. The third kappa shape index (κ3) is 4.32. The summed E-state index contributed by atoms with van der Waals surface area (Å²) in [7, 11) is 1.99. The number of hydrogen-bond acceptors (Lipinski definition) is 4. The number of fused-ring (bicyclic) bond motifs is 1. The van der Waals surface area contributed by atoms with Gasteiger partial charge in [0.05, 0.1) is 19.3 Å². The molecule has 120 valence electrons. The van der Waals surface area contributed by atoms with Gasteiger partial charge >= 0.3 is 0 Å². The van der Waals surface area contributed by atoms with Crippen molar-refractivity contribution in [1.29, 1.82) is 0 Å². The quantitative estimate of drug-likeness (QED) is 0.714. The van der Waals surface area contributed by atoms with E-state index < -0.39 is 6.10 Å². The predicted octanol–water partition coefficient (Wildman–Crippen LogP) is 3.92. The van der Waals surface area contributed by atoms with Gasteiger partial charge in [0, 0.05) is 24.2 Å². The Hall–Kier alpha value is -1.88. The van der Waals surface area contributed by atoms with Crippen LogP contribution in [0, 0.1) is 0 Å². The number of aliphatic hydroxyl groups excluding tert-OH is 1. The van der Waals surface area contributed by atoms with E-state index in [0.29, 0.717) is 19.8 Å². The van der Waals surface area contributed by atoms with Crippen molar-refractivity contribution in [3.63, 3.8) is 0 Å². The zero-order chi connectivity index (χ0) is 16.1. The Balaban J connectivity index is 1.53. The van der Waals surface area contributed by atoms with Crippen molar-refractivity contribution in [3.05, 3.63) is 64.9 Å². The number of hydrogen-bond donors (Lipinski definition) is 1. The van der Waals surface area contributed by atoms with E-state index in [1.54, 1.807) is 11.3 Å². The summed E-state index contributed by atoms with van der Waals surface area (Å²) in [5, 5.41) is 14.6. The lowest BCUT2D eigenvalue weighted by Crippen LogP contribution is -2.32. The van der Waals surface area contributed by atoms with Gasteiger partial charge in [0.25, 0.3) is 0 Å². The van der Waals surface area contributed by atoms with Crippen molar-refractivity contribution in [3.8, 4) is 0 Å². The zero-order valence-electron chi connectivity index (χ0n) is 13.2. The smallest absolute Gasteiger partial charge is 0.0948 e. The first-order chi connectivity index (χ1) is 11.2. The van der Waals surface area contributed by atoms with Crippen LogP contribution >= 0.6 is 11.3 Å². The van der Waals surface area contributed by atoms with Crippen LogP contribution in [0.5, 0.6) is 0 Å². The number of thiophene rings is 1. The Labute approximate surface area is 140 Å². The average molecular weight is 327 g/mol. The van der Waals surface area contributed by atoms with Crippen LogP contribution < -0.4 is 4.90 Å². The van der Waals surface area contributed by atoms with Gasteiger partial charge in [-0.3, -0.25) is 0 Å². The van der Waals surface area contributed by atoms with Gasteiger partial charge in [-0.2, -0.15) is 0 Å². The largest absolute Gasteiger partial charge is 0.389 e. The summed E-state index contributed by atoms with van der Waals surface area (Å²) in [4.78, 5) is 3.24. The molecule has 3 nitrogen and oxygen atoms in total. The van der Waals surface area contributed by atoms with Gasteiger partial charge in [-0.15, -0.1) is 11.3 Å². The van der Waals surface area contributed by atoms with Crippen molar-refractivity contribution < 1.29 is 9.84 Å². The molecule has 1 atom stereocenters. The summed E-state index contributed by atoms with van der Waals surface area (Å²) in [6.07, 6.45) is -0.508. The van der Waals surface area contributed by atoms with Crippen LogP contribution in [0.4, 0.5) is 5.69 Å². The molecule has 0 fully saturated rings. The third-order valence-electron chi connectivity index (χ3n) is 3.79. The van der Waals surface area contributed by atoms with Crippen molar-refractivity contribution in [1.82, 2.24) is 0 Å². The molecule has 1 unspecified atom stereocenters. The van der Waals surface area contributed by atoms with E-state index in [1.165, 1.54) is 15.6 Å². The number of aliphatic hydroxyl groups is 1. The van der Waals surface area contributed by atoms with Crippen molar-refractivity contribution in [2.45, 2.75) is 12.7 Å². The van der Waals surface area contributed by atoms with Gasteiger partial charge < -0.3 is 14.7 Å². The molecular weight excluding hydrogens is 306 g/mol. The molecule has 3 rings (SSSR count). The fraction of sp³-hybridized carbons (Fsp3) is 0.263. The van der Waals surface area contributed by atoms with Crippen LogP contribution in [0.25, 0.3) is 10.8 Å². The maximum atomic E-state index is 10.2. The van der Waals surface area contributed by atoms with Crippen molar-refractivity contribution in [2.24, 2.45) is 0 Å². The fourth-order valence-corrected chi connectivity index (χ4v) is 3.22. The molecule has 0 spiro atoms. The highest BCUT2D eigenvalue weighted by atomic mass is 32.1. The fourth-order valence-electron chi connectivity index (χ4n) is 2.58. The summed E-state index contributed by atoms with van der Waals surface area (Å²) >= 11 is 1.67. The number of ether oxygens (including phenoxy) is 1. The highest BCUT2D eigenvalue weighted by molar-refractivity contribution is 7.09. The van der Waals surface area contributed by atoms with Gasteiger partial charge in [-0.25, -0.2) is 0 Å². The molecule has 1 aromatic heterocycles. The maximum absolute atomic E-state index is 10.2. The monoisotopic (exact) mass is 327 g/mol. The number of nitrogens with zero attached hydrogens (tertiary/aromatic N) is 1. The zero-order valence-corrected chi connectivity index (χ0v) is 14.0. The lowest BCUT2D eigenvalue weighted by molar-refractivity contribution is 0.0335. The SMILES string of the molecule is CN(CC(O)COCc1cccs1)c1ccc2ccccc2c1. The minimum Gasteiger partial charge on any atom is -0.389 e. The van der Waals surface area contributed by atoms with Gasteiger partial charge in [0.2, 0.25) is 0 Å².